The van der Waals surface area contributed by atoms with Gasteiger partial charge in [0.2, 0.25) is 0 Å². The first kappa shape index (κ1) is 12.3. The minimum absolute atomic E-state index is 0.444. The van der Waals surface area contributed by atoms with Gasteiger partial charge in [0.25, 0.3) is 0 Å². The first-order valence-corrected chi connectivity index (χ1v) is 6.55. The third kappa shape index (κ3) is 2.25. The fraction of sp³-hybridized carbons (Fsp3) is 0.500. The van der Waals surface area contributed by atoms with E-state index in [2.05, 4.69) is 11.0 Å². The molecule has 2 fully saturated rings. The van der Waals surface area contributed by atoms with Crippen molar-refractivity contribution in [2.24, 2.45) is 0 Å². The highest BCUT2D eigenvalue weighted by atomic mass is 16.7. The molecule has 0 amide bonds. The van der Waals surface area contributed by atoms with Crippen LogP contribution >= 0.6 is 0 Å². The van der Waals surface area contributed by atoms with Gasteiger partial charge in [0.15, 0.2) is 5.79 Å². The topological polar surface area (TPSA) is 71.5 Å². The number of ether oxygens (including phenoxy) is 2. The van der Waals surface area contributed by atoms with Crippen molar-refractivity contribution in [1.82, 2.24) is 0 Å². The third-order valence-corrected chi connectivity index (χ3v) is 3.75. The number of hydrogen-bond acceptors (Lipinski definition) is 5. The van der Waals surface area contributed by atoms with Crippen LogP contribution in [0, 0.1) is 11.3 Å². The first-order valence-electron chi connectivity index (χ1n) is 6.55. The van der Waals surface area contributed by atoms with Crippen molar-refractivity contribution in [3.05, 3.63) is 23.8 Å². The predicted octanol–water partition coefficient (Wildman–Crippen LogP) is 1.48. The SMILES string of the molecule is N#Cc1ccc(N2CCCC3(C2)OCCO3)cc1N. The smallest absolute Gasteiger partial charge is 0.186 e. The van der Waals surface area contributed by atoms with Gasteiger partial charge < -0.3 is 20.1 Å². The van der Waals surface area contributed by atoms with Crippen LogP contribution in [-0.2, 0) is 9.47 Å². The van der Waals surface area contributed by atoms with Gasteiger partial charge in [-0.2, -0.15) is 5.26 Å². The minimum Gasteiger partial charge on any atom is -0.398 e. The summed E-state index contributed by atoms with van der Waals surface area (Å²) in [5.74, 6) is -0.444. The lowest BCUT2D eigenvalue weighted by Gasteiger charge is -2.39. The lowest BCUT2D eigenvalue weighted by molar-refractivity contribution is -0.161. The van der Waals surface area contributed by atoms with Crippen LogP contribution in [0.15, 0.2) is 18.2 Å². The van der Waals surface area contributed by atoms with E-state index in [0.717, 1.165) is 31.6 Å². The molecule has 0 unspecified atom stereocenters. The van der Waals surface area contributed by atoms with Crippen LogP contribution in [0.2, 0.25) is 0 Å². The summed E-state index contributed by atoms with van der Waals surface area (Å²) in [6.45, 7) is 3.02. The molecule has 2 heterocycles. The Balaban J connectivity index is 1.82. The highest BCUT2D eigenvalue weighted by Gasteiger charge is 2.40. The number of hydrogen-bond donors (Lipinski definition) is 1. The summed E-state index contributed by atoms with van der Waals surface area (Å²) >= 11 is 0. The van der Waals surface area contributed by atoms with Gasteiger partial charge >= 0.3 is 0 Å². The van der Waals surface area contributed by atoms with Gasteiger partial charge in [0.1, 0.15) is 6.07 Å². The second-order valence-corrected chi connectivity index (χ2v) is 5.02. The summed E-state index contributed by atoms with van der Waals surface area (Å²) in [4.78, 5) is 2.21. The average molecular weight is 259 g/mol. The number of benzene rings is 1. The van der Waals surface area contributed by atoms with Crippen LogP contribution in [0.5, 0.6) is 0 Å². The van der Waals surface area contributed by atoms with Crippen molar-refractivity contribution in [1.29, 1.82) is 5.26 Å². The molecular weight excluding hydrogens is 242 g/mol. The van der Waals surface area contributed by atoms with Crippen molar-refractivity contribution in [3.63, 3.8) is 0 Å². The highest BCUT2D eigenvalue weighted by molar-refractivity contribution is 5.63. The van der Waals surface area contributed by atoms with Crippen molar-refractivity contribution in [3.8, 4) is 6.07 Å². The molecule has 0 aliphatic carbocycles. The van der Waals surface area contributed by atoms with E-state index >= 15 is 0 Å². The van der Waals surface area contributed by atoms with Crippen LogP contribution < -0.4 is 10.6 Å². The van der Waals surface area contributed by atoms with E-state index < -0.39 is 5.79 Å². The fourth-order valence-electron chi connectivity index (χ4n) is 2.79. The normalized spacial score (nSPS) is 21.5. The quantitative estimate of drug-likeness (QED) is 0.773. The molecule has 0 bridgehead atoms. The van der Waals surface area contributed by atoms with E-state index in [4.69, 9.17) is 20.5 Å². The molecule has 2 aliphatic rings. The van der Waals surface area contributed by atoms with Gasteiger partial charge in [0, 0.05) is 18.7 Å². The zero-order valence-corrected chi connectivity index (χ0v) is 10.8. The van der Waals surface area contributed by atoms with Crippen LogP contribution in [0.1, 0.15) is 18.4 Å². The van der Waals surface area contributed by atoms with Crippen LogP contribution in [0.3, 0.4) is 0 Å². The second kappa shape index (κ2) is 4.72. The molecule has 1 aromatic rings. The van der Waals surface area contributed by atoms with E-state index in [1.54, 1.807) is 6.07 Å². The molecule has 5 nitrogen and oxygen atoms in total. The Morgan fingerprint density at radius 1 is 1.32 bits per heavy atom. The molecule has 0 aromatic heterocycles. The van der Waals surface area contributed by atoms with E-state index in [-0.39, 0.29) is 0 Å². The molecule has 2 aliphatic heterocycles. The summed E-state index contributed by atoms with van der Waals surface area (Å²) in [7, 11) is 0. The molecule has 2 N–H and O–H groups in total. The Hall–Kier alpha value is -1.77. The minimum atomic E-state index is -0.444. The average Bonchev–Trinajstić information content (AvgIpc) is 2.86. The van der Waals surface area contributed by atoms with Crippen LogP contribution in [0.25, 0.3) is 0 Å². The van der Waals surface area contributed by atoms with Crippen molar-refractivity contribution in [2.75, 3.05) is 36.9 Å². The number of anilines is 2. The lowest BCUT2D eigenvalue weighted by atomic mass is 10.0. The van der Waals surface area contributed by atoms with E-state index in [1.165, 1.54) is 0 Å². The molecule has 0 saturated carbocycles. The van der Waals surface area contributed by atoms with Gasteiger partial charge in [-0.25, -0.2) is 0 Å². The zero-order chi connectivity index (χ0) is 13.3. The maximum absolute atomic E-state index is 8.90. The Bertz CT molecular complexity index is 518. The molecule has 0 radical (unpaired) electrons. The van der Waals surface area contributed by atoms with E-state index in [0.29, 0.717) is 24.5 Å². The van der Waals surface area contributed by atoms with Crippen molar-refractivity contribution in [2.45, 2.75) is 18.6 Å². The molecular formula is C14H17N3O2. The summed E-state index contributed by atoms with van der Waals surface area (Å²) in [6.07, 6.45) is 1.97. The highest BCUT2D eigenvalue weighted by Crippen LogP contribution is 2.33. The largest absolute Gasteiger partial charge is 0.398 e. The Morgan fingerprint density at radius 3 is 2.79 bits per heavy atom. The van der Waals surface area contributed by atoms with Crippen LogP contribution in [0.4, 0.5) is 11.4 Å². The number of nitrogens with zero attached hydrogens (tertiary/aromatic N) is 2. The summed E-state index contributed by atoms with van der Waals surface area (Å²) in [5.41, 5.74) is 7.93. The molecule has 1 spiro atoms. The van der Waals surface area contributed by atoms with Gasteiger partial charge in [-0.15, -0.1) is 0 Å². The Kier molecular flexibility index (Phi) is 3.05. The van der Waals surface area contributed by atoms with Gasteiger partial charge in [-0.3, -0.25) is 0 Å². The number of piperidine rings is 1. The lowest BCUT2D eigenvalue weighted by Crippen LogP contribution is -2.49. The summed E-state index contributed by atoms with van der Waals surface area (Å²) < 4.78 is 11.5. The number of nitrogen functional groups attached to an aromatic ring is 1. The van der Waals surface area contributed by atoms with Crippen LogP contribution in [-0.4, -0.2) is 32.1 Å². The standard InChI is InChI=1S/C14H17N3O2/c15-9-11-2-3-12(8-13(11)16)17-5-1-4-14(10-17)18-6-7-19-14/h2-3,8H,1,4-7,10,16H2. The molecule has 0 atom stereocenters. The summed E-state index contributed by atoms with van der Waals surface area (Å²) in [6, 6.07) is 7.63. The monoisotopic (exact) mass is 259 g/mol. The van der Waals surface area contributed by atoms with Crippen molar-refractivity contribution >= 4 is 11.4 Å². The number of nitriles is 1. The summed E-state index contributed by atoms with van der Waals surface area (Å²) in [5, 5.41) is 8.90. The number of rotatable bonds is 1. The zero-order valence-electron chi connectivity index (χ0n) is 10.8. The first-order chi connectivity index (χ1) is 9.22. The predicted molar refractivity (Wildman–Crippen MR) is 71.7 cm³/mol. The van der Waals surface area contributed by atoms with Crippen molar-refractivity contribution < 1.29 is 9.47 Å². The molecule has 2 saturated heterocycles. The molecule has 5 heteroatoms. The second-order valence-electron chi connectivity index (χ2n) is 5.02. The maximum atomic E-state index is 8.90. The van der Waals surface area contributed by atoms with E-state index in [9.17, 15) is 0 Å². The molecule has 19 heavy (non-hydrogen) atoms. The number of nitrogens with two attached hydrogens (primary N) is 1. The third-order valence-electron chi connectivity index (χ3n) is 3.75. The van der Waals surface area contributed by atoms with Gasteiger partial charge in [0.05, 0.1) is 31.0 Å². The van der Waals surface area contributed by atoms with E-state index in [1.807, 2.05) is 12.1 Å². The molecule has 100 valence electrons. The van der Waals surface area contributed by atoms with Gasteiger partial charge in [-0.05, 0) is 24.6 Å². The molecule has 1 aromatic carbocycles. The Labute approximate surface area is 112 Å². The maximum Gasteiger partial charge on any atom is 0.186 e. The fourth-order valence-corrected chi connectivity index (χ4v) is 2.79. The molecule has 3 rings (SSSR count). The van der Waals surface area contributed by atoms with Gasteiger partial charge in [-0.1, -0.05) is 0 Å². The Morgan fingerprint density at radius 2 is 2.11 bits per heavy atom.